The molecule has 0 fully saturated rings. The van der Waals surface area contributed by atoms with Gasteiger partial charge in [0.25, 0.3) is 0 Å². The lowest BCUT2D eigenvalue weighted by Crippen LogP contribution is -2.06. The molecule has 0 bridgehead atoms. The Morgan fingerprint density at radius 3 is 2.56 bits per heavy atom. The van der Waals surface area contributed by atoms with Crippen molar-refractivity contribution >= 4 is 23.2 Å². The van der Waals surface area contributed by atoms with Crippen LogP contribution in [-0.4, -0.2) is 19.7 Å². The van der Waals surface area contributed by atoms with Crippen LogP contribution in [0.3, 0.4) is 0 Å². The predicted molar refractivity (Wildman–Crippen MR) is 62.9 cm³/mol. The minimum Gasteiger partial charge on any atom is -0.263 e. The van der Waals surface area contributed by atoms with Crippen molar-refractivity contribution in [1.82, 2.24) is 19.7 Å². The molecule has 0 N–H and O–H groups in total. The van der Waals surface area contributed by atoms with Gasteiger partial charge in [0.2, 0.25) is 0 Å². The molecule has 0 aliphatic heterocycles. The van der Waals surface area contributed by atoms with E-state index in [0.717, 1.165) is 11.4 Å². The lowest BCUT2D eigenvalue weighted by molar-refractivity contribution is 0.647. The second kappa shape index (κ2) is 4.39. The van der Waals surface area contributed by atoms with Crippen molar-refractivity contribution in [2.24, 2.45) is 0 Å². The zero-order valence-electron chi connectivity index (χ0n) is 8.91. The lowest BCUT2D eigenvalue weighted by atomic mass is 10.4. The van der Waals surface area contributed by atoms with E-state index in [1.807, 2.05) is 13.8 Å². The fourth-order valence-corrected chi connectivity index (χ4v) is 1.78. The highest BCUT2D eigenvalue weighted by Crippen LogP contribution is 2.13. The van der Waals surface area contributed by atoms with Crippen molar-refractivity contribution in [3.8, 4) is 0 Å². The topological polar surface area (TPSA) is 43.6 Å². The van der Waals surface area contributed by atoms with Gasteiger partial charge in [-0.1, -0.05) is 23.2 Å². The maximum Gasteiger partial charge on any atom is 0.151 e. The van der Waals surface area contributed by atoms with Crippen LogP contribution in [0.15, 0.2) is 12.3 Å². The Labute approximate surface area is 103 Å². The van der Waals surface area contributed by atoms with E-state index in [4.69, 9.17) is 23.2 Å². The standard InChI is InChI=1S/C10H10Cl2N4/c1-6-3-9(12)14-10(13-6)5-16-4-8(11)7(2)15-16/h3-4H,5H2,1-2H3. The molecule has 0 aliphatic rings. The summed E-state index contributed by atoms with van der Waals surface area (Å²) < 4.78 is 1.70. The van der Waals surface area contributed by atoms with Crippen molar-refractivity contribution in [3.63, 3.8) is 0 Å². The van der Waals surface area contributed by atoms with Crippen LogP contribution in [0.25, 0.3) is 0 Å². The molecule has 0 aliphatic carbocycles. The summed E-state index contributed by atoms with van der Waals surface area (Å²) in [5, 5.41) is 5.31. The average Bonchev–Trinajstić information content (AvgIpc) is 2.43. The molecule has 0 atom stereocenters. The van der Waals surface area contributed by atoms with Crippen LogP contribution in [0.1, 0.15) is 17.2 Å². The van der Waals surface area contributed by atoms with Gasteiger partial charge in [-0.05, 0) is 19.9 Å². The molecule has 0 amide bonds. The molecule has 16 heavy (non-hydrogen) atoms. The van der Waals surface area contributed by atoms with Crippen molar-refractivity contribution in [2.75, 3.05) is 0 Å². The summed E-state index contributed by atoms with van der Waals surface area (Å²) in [6.45, 7) is 4.19. The fourth-order valence-electron chi connectivity index (χ4n) is 1.38. The van der Waals surface area contributed by atoms with Crippen LogP contribution in [0.4, 0.5) is 0 Å². The molecule has 0 aromatic carbocycles. The molecular formula is C10H10Cl2N4. The van der Waals surface area contributed by atoms with Gasteiger partial charge in [-0.25, -0.2) is 9.97 Å². The van der Waals surface area contributed by atoms with Gasteiger partial charge < -0.3 is 0 Å². The zero-order chi connectivity index (χ0) is 11.7. The number of rotatable bonds is 2. The van der Waals surface area contributed by atoms with Gasteiger partial charge in [0.15, 0.2) is 5.82 Å². The Hall–Kier alpha value is -1.13. The number of halogens is 2. The van der Waals surface area contributed by atoms with E-state index >= 15 is 0 Å². The second-order valence-corrected chi connectivity index (χ2v) is 4.30. The van der Waals surface area contributed by atoms with Crippen molar-refractivity contribution in [1.29, 1.82) is 0 Å². The highest BCUT2D eigenvalue weighted by molar-refractivity contribution is 6.31. The van der Waals surface area contributed by atoms with Gasteiger partial charge in [-0.3, -0.25) is 4.68 Å². The van der Waals surface area contributed by atoms with E-state index in [1.54, 1.807) is 16.9 Å². The third-order valence-electron chi connectivity index (χ3n) is 2.06. The van der Waals surface area contributed by atoms with Crippen LogP contribution >= 0.6 is 23.2 Å². The van der Waals surface area contributed by atoms with Crippen LogP contribution < -0.4 is 0 Å². The van der Waals surface area contributed by atoms with Crippen LogP contribution in [0.2, 0.25) is 10.2 Å². The van der Waals surface area contributed by atoms with Crippen molar-refractivity contribution < 1.29 is 0 Å². The number of hydrogen-bond donors (Lipinski definition) is 0. The minimum absolute atomic E-state index is 0.442. The summed E-state index contributed by atoms with van der Waals surface area (Å²) in [7, 11) is 0. The Bertz CT molecular complexity index is 482. The first-order chi connectivity index (χ1) is 7.54. The van der Waals surface area contributed by atoms with Crippen LogP contribution in [0, 0.1) is 13.8 Å². The summed E-state index contributed by atoms with van der Waals surface area (Å²) in [5.41, 5.74) is 1.63. The molecule has 2 aromatic heterocycles. The molecular weight excluding hydrogens is 247 g/mol. The molecule has 0 spiro atoms. The summed E-state index contributed by atoms with van der Waals surface area (Å²) >= 11 is 11.8. The third-order valence-corrected chi connectivity index (χ3v) is 2.62. The van der Waals surface area contributed by atoms with Gasteiger partial charge in [-0.15, -0.1) is 0 Å². The van der Waals surface area contributed by atoms with Gasteiger partial charge in [0, 0.05) is 11.9 Å². The average molecular weight is 257 g/mol. The van der Waals surface area contributed by atoms with Crippen molar-refractivity contribution in [3.05, 3.63) is 39.7 Å². The van der Waals surface area contributed by atoms with E-state index in [9.17, 15) is 0 Å². The molecule has 2 heterocycles. The minimum atomic E-state index is 0.442. The van der Waals surface area contributed by atoms with Gasteiger partial charge >= 0.3 is 0 Å². The van der Waals surface area contributed by atoms with E-state index in [1.165, 1.54) is 0 Å². The number of aryl methyl sites for hydroxylation is 2. The van der Waals surface area contributed by atoms with Crippen molar-refractivity contribution in [2.45, 2.75) is 20.4 Å². The van der Waals surface area contributed by atoms with E-state index in [0.29, 0.717) is 22.5 Å². The molecule has 0 saturated carbocycles. The lowest BCUT2D eigenvalue weighted by Gasteiger charge is -2.02. The molecule has 0 unspecified atom stereocenters. The molecule has 6 heteroatoms. The van der Waals surface area contributed by atoms with Gasteiger partial charge in [0.05, 0.1) is 10.7 Å². The first-order valence-corrected chi connectivity index (χ1v) is 5.50. The maximum absolute atomic E-state index is 5.91. The van der Waals surface area contributed by atoms with Gasteiger partial charge in [0.1, 0.15) is 11.7 Å². The summed E-state index contributed by atoms with van der Waals surface area (Å²) in [6, 6.07) is 1.71. The van der Waals surface area contributed by atoms with E-state index in [-0.39, 0.29) is 0 Å². The first-order valence-electron chi connectivity index (χ1n) is 4.74. The Morgan fingerprint density at radius 2 is 2.00 bits per heavy atom. The van der Waals surface area contributed by atoms with Crippen LogP contribution in [0.5, 0.6) is 0 Å². The maximum atomic E-state index is 5.91. The summed E-state index contributed by atoms with van der Waals surface area (Å²) in [4.78, 5) is 8.39. The predicted octanol–water partition coefficient (Wildman–Crippen LogP) is 2.65. The zero-order valence-corrected chi connectivity index (χ0v) is 10.4. The largest absolute Gasteiger partial charge is 0.263 e. The second-order valence-electron chi connectivity index (χ2n) is 3.51. The molecule has 0 radical (unpaired) electrons. The SMILES string of the molecule is Cc1cc(Cl)nc(Cn2cc(Cl)c(C)n2)n1. The fraction of sp³-hybridized carbons (Fsp3) is 0.300. The summed E-state index contributed by atoms with van der Waals surface area (Å²) in [6.07, 6.45) is 1.75. The monoisotopic (exact) mass is 256 g/mol. The highest BCUT2D eigenvalue weighted by Gasteiger charge is 2.05. The number of nitrogens with zero attached hydrogens (tertiary/aromatic N) is 4. The quantitative estimate of drug-likeness (QED) is 0.777. The molecule has 84 valence electrons. The Morgan fingerprint density at radius 1 is 1.25 bits per heavy atom. The van der Waals surface area contributed by atoms with E-state index < -0.39 is 0 Å². The Balaban J connectivity index is 2.26. The molecule has 2 rings (SSSR count). The smallest absolute Gasteiger partial charge is 0.151 e. The molecule has 0 saturated heterocycles. The third kappa shape index (κ3) is 2.51. The van der Waals surface area contributed by atoms with Crippen LogP contribution in [-0.2, 0) is 6.54 Å². The summed E-state index contributed by atoms with van der Waals surface area (Å²) in [5.74, 6) is 0.629. The van der Waals surface area contributed by atoms with Gasteiger partial charge in [-0.2, -0.15) is 5.10 Å². The Kier molecular flexibility index (Phi) is 3.12. The highest BCUT2D eigenvalue weighted by atomic mass is 35.5. The first kappa shape index (κ1) is 11.4. The normalized spacial score (nSPS) is 10.8. The molecule has 4 nitrogen and oxygen atoms in total. The van der Waals surface area contributed by atoms with E-state index in [2.05, 4.69) is 15.1 Å². The molecule has 2 aromatic rings. The number of hydrogen-bond acceptors (Lipinski definition) is 3. The number of aromatic nitrogens is 4.